The zero-order valence-corrected chi connectivity index (χ0v) is 13.5. The van der Waals surface area contributed by atoms with E-state index in [1.165, 1.54) is 30.0 Å². The zero-order valence-electron chi connectivity index (χ0n) is 11.8. The van der Waals surface area contributed by atoms with Crippen molar-refractivity contribution in [2.45, 2.75) is 24.9 Å². The molecule has 0 aliphatic heterocycles. The molecule has 1 unspecified atom stereocenters. The van der Waals surface area contributed by atoms with E-state index in [0.29, 0.717) is 10.0 Å². The molecule has 0 saturated carbocycles. The van der Waals surface area contributed by atoms with Crippen LogP contribution >= 0.6 is 23.1 Å². The third kappa shape index (κ3) is 4.68. The molecule has 0 radical (unpaired) electrons. The van der Waals surface area contributed by atoms with Gasteiger partial charge in [-0.1, -0.05) is 41.7 Å². The van der Waals surface area contributed by atoms with Gasteiger partial charge in [0.05, 0.1) is 16.3 Å². The summed E-state index contributed by atoms with van der Waals surface area (Å²) in [5, 5.41) is 3.03. The number of nitrogens with zero attached hydrogens (tertiary/aromatic N) is 1. The van der Waals surface area contributed by atoms with Gasteiger partial charge in [-0.25, -0.2) is 4.98 Å². The first-order chi connectivity index (χ1) is 10.1. The van der Waals surface area contributed by atoms with Crippen LogP contribution in [-0.4, -0.2) is 21.9 Å². The molecular weight excluding hydrogens is 304 g/mol. The summed E-state index contributed by atoms with van der Waals surface area (Å²) in [6, 6.07) is 10.0. The van der Waals surface area contributed by atoms with E-state index in [0.717, 1.165) is 5.75 Å². The number of carbonyl (C=O) groups is 2. The van der Waals surface area contributed by atoms with Crippen LogP contribution in [0.25, 0.3) is 0 Å². The van der Waals surface area contributed by atoms with Crippen LogP contribution in [0.4, 0.5) is 5.13 Å². The van der Waals surface area contributed by atoms with E-state index in [2.05, 4.69) is 10.3 Å². The zero-order chi connectivity index (χ0) is 15.2. The minimum absolute atomic E-state index is 0.0421. The predicted octanol–water partition coefficient (Wildman–Crippen LogP) is 3.61. The van der Waals surface area contributed by atoms with Crippen LogP contribution < -0.4 is 5.32 Å². The van der Waals surface area contributed by atoms with Gasteiger partial charge in [0.1, 0.15) is 0 Å². The van der Waals surface area contributed by atoms with Crippen molar-refractivity contribution in [1.29, 1.82) is 0 Å². The van der Waals surface area contributed by atoms with Gasteiger partial charge >= 0.3 is 0 Å². The molecule has 0 aliphatic rings. The van der Waals surface area contributed by atoms with Crippen molar-refractivity contribution in [2.75, 3.05) is 5.32 Å². The van der Waals surface area contributed by atoms with E-state index in [-0.39, 0.29) is 16.9 Å². The molecule has 2 aromatic rings. The molecule has 21 heavy (non-hydrogen) atoms. The van der Waals surface area contributed by atoms with Gasteiger partial charge < -0.3 is 5.32 Å². The van der Waals surface area contributed by atoms with Gasteiger partial charge in [-0.3, -0.25) is 9.59 Å². The Labute approximate surface area is 132 Å². The number of thiazole rings is 1. The summed E-state index contributed by atoms with van der Waals surface area (Å²) >= 11 is 2.77. The van der Waals surface area contributed by atoms with Crippen LogP contribution in [0.2, 0.25) is 0 Å². The molecule has 6 heteroatoms. The summed E-state index contributed by atoms with van der Waals surface area (Å²) in [5.74, 6) is 0.645. The molecule has 1 N–H and O–H groups in total. The Hall–Kier alpha value is -1.66. The van der Waals surface area contributed by atoms with Crippen molar-refractivity contribution in [1.82, 2.24) is 4.98 Å². The number of aromatic nitrogens is 1. The molecule has 2 rings (SSSR count). The highest BCUT2D eigenvalue weighted by molar-refractivity contribution is 7.99. The number of Topliss-reactive ketones (excluding diaryl/α,β-unsaturated/α-hetero) is 1. The lowest BCUT2D eigenvalue weighted by Crippen LogP contribution is -2.22. The van der Waals surface area contributed by atoms with Gasteiger partial charge in [0, 0.05) is 12.7 Å². The maximum atomic E-state index is 12.1. The average molecular weight is 320 g/mol. The fourth-order valence-electron chi connectivity index (χ4n) is 1.57. The summed E-state index contributed by atoms with van der Waals surface area (Å²) < 4.78 is 0. The van der Waals surface area contributed by atoms with Crippen LogP contribution in [0.5, 0.6) is 0 Å². The van der Waals surface area contributed by atoms with Gasteiger partial charge in [0.2, 0.25) is 5.91 Å². The number of hydrogen-bond donors (Lipinski definition) is 1. The Morgan fingerprint density at radius 3 is 2.67 bits per heavy atom. The summed E-state index contributed by atoms with van der Waals surface area (Å²) in [7, 11) is 0. The third-order valence-electron chi connectivity index (χ3n) is 2.79. The third-order valence-corrected chi connectivity index (χ3v) is 5.02. The van der Waals surface area contributed by atoms with E-state index >= 15 is 0 Å². The van der Waals surface area contributed by atoms with Crippen molar-refractivity contribution >= 4 is 39.9 Å². The molecule has 0 saturated heterocycles. The van der Waals surface area contributed by atoms with Crippen LogP contribution in [-0.2, 0) is 10.5 Å². The van der Waals surface area contributed by atoms with Crippen LogP contribution in [0.15, 0.2) is 36.5 Å². The van der Waals surface area contributed by atoms with Gasteiger partial charge in [-0.05, 0) is 12.5 Å². The van der Waals surface area contributed by atoms with Crippen LogP contribution in [0.1, 0.15) is 29.1 Å². The fraction of sp³-hybridized carbons (Fsp3) is 0.267. The quantitative estimate of drug-likeness (QED) is 0.826. The van der Waals surface area contributed by atoms with Gasteiger partial charge in [-0.2, -0.15) is 0 Å². The molecule has 1 heterocycles. The van der Waals surface area contributed by atoms with E-state index in [4.69, 9.17) is 0 Å². The smallest absolute Gasteiger partial charge is 0.238 e. The molecule has 4 nitrogen and oxygen atoms in total. The first-order valence-corrected chi connectivity index (χ1v) is 8.36. The molecule has 1 atom stereocenters. The van der Waals surface area contributed by atoms with Crippen molar-refractivity contribution in [2.24, 2.45) is 0 Å². The topological polar surface area (TPSA) is 59.1 Å². The number of benzene rings is 1. The van der Waals surface area contributed by atoms with Crippen LogP contribution in [0.3, 0.4) is 0 Å². The molecule has 0 spiro atoms. The molecule has 1 aromatic heterocycles. The van der Waals surface area contributed by atoms with E-state index in [1.54, 1.807) is 11.8 Å². The molecular formula is C15H16N2O2S2. The molecule has 110 valence electrons. The number of rotatable bonds is 6. The molecule has 0 fully saturated rings. The summed E-state index contributed by atoms with van der Waals surface area (Å²) in [5.41, 5.74) is 1.19. The minimum Gasteiger partial charge on any atom is -0.301 e. The largest absolute Gasteiger partial charge is 0.301 e. The highest BCUT2D eigenvalue weighted by Crippen LogP contribution is 2.22. The maximum Gasteiger partial charge on any atom is 0.238 e. The summed E-state index contributed by atoms with van der Waals surface area (Å²) in [6.07, 6.45) is 1.49. The highest BCUT2D eigenvalue weighted by Gasteiger charge is 2.15. The van der Waals surface area contributed by atoms with Crippen LogP contribution in [0, 0.1) is 0 Å². The second kappa shape index (κ2) is 7.38. The van der Waals surface area contributed by atoms with Gasteiger partial charge in [0.15, 0.2) is 10.9 Å². The Bertz CT molecular complexity index is 626. The van der Waals surface area contributed by atoms with E-state index in [1.807, 2.05) is 37.3 Å². The van der Waals surface area contributed by atoms with Crippen molar-refractivity contribution < 1.29 is 9.59 Å². The SMILES string of the molecule is CC(=O)c1cnc(NC(=O)C(C)SCc2ccccc2)s1. The van der Waals surface area contributed by atoms with E-state index in [9.17, 15) is 9.59 Å². The van der Waals surface area contributed by atoms with Gasteiger partial charge in [-0.15, -0.1) is 11.8 Å². The highest BCUT2D eigenvalue weighted by atomic mass is 32.2. The Morgan fingerprint density at radius 2 is 2.05 bits per heavy atom. The molecule has 1 amide bonds. The minimum atomic E-state index is -0.185. The second-order valence-corrected chi connectivity index (χ2v) is 6.87. The van der Waals surface area contributed by atoms with Crippen molar-refractivity contribution in [3.8, 4) is 0 Å². The standard InChI is InChI=1S/C15H16N2O2S2/c1-10(18)13-8-16-15(21-13)17-14(19)11(2)20-9-12-6-4-3-5-7-12/h3-8,11H,9H2,1-2H3,(H,16,17,19). The van der Waals surface area contributed by atoms with Crippen molar-refractivity contribution in [3.05, 3.63) is 47.0 Å². The Balaban J connectivity index is 1.85. The normalized spacial score (nSPS) is 11.9. The first-order valence-electron chi connectivity index (χ1n) is 6.49. The maximum absolute atomic E-state index is 12.1. The lowest BCUT2D eigenvalue weighted by Gasteiger charge is -2.10. The molecule has 0 aliphatic carbocycles. The number of hydrogen-bond acceptors (Lipinski definition) is 5. The fourth-order valence-corrected chi connectivity index (χ4v) is 3.13. The lowest BCUT2D eigenvalue weighted by molar-refractivity contribution is -0.115. The Kier molecular flexibility index (Phi) is 5.52. The van der Waals surface area contributed by atoms with Gasteiger partial charge in [0.25, 0.3) is 0 Å². The van der Waals surface area contributed by atoms with E-state index < -0.39 is 0 Å². The molecule has 0 bridgehead atoms. The number of carbonyl (C=O) groups excluding carboxylic acids is 2. The molecule has 1 aromatic carbocycles. The average Bonchev–Trinajstić information content (AvgIpc) is 2.94. The number of anilines is 1. The number of nitrogens with one attached hydrogen (secondary N) is 1. The number of ketones is 1. The lowest BCUT2D eigenvalue weighted by atomic mass is 10.2. The van der Waals surface area contributed by atoms with Crippen molar-refractivity contribution in [3.63, 3.8) is 0 Å². The predicted molar refractivity (Wildman–Crippen MR) is 87.9 cm³/mol. The second-order valence-electron chi connectivity index (χ2n) is 4.51. The number of amides is 1. The summed E-state index contributed by atoms with van der Waals surface area (Å²) in [4.78, 5) is 27.8. The number of thioether (sulfide) groups is 1. The first kappa shape index (κ1) is 15.7. The summed E-state index contributed by atoms with van der Waals surface area (Å²) in [6.45, 7) is 3.35. The Morgan fingerprint density at radius 1 is 1.33 bits per heavy atom. The monoisotopic (exact) mass is 320 g/mol.